The molecule has 0 aliphatic heterocycles. The number of nitrogen functional groups attached to an aromatic ring is 1. The first-order chi connectivity index (χ1) is 44.5. The van der Waals surface area contributed by atoms with Crippen molar-refractivity contribution >= 4 is 89.8 Å². The maximum atomic E-state index is 12.2. The number of carbonyl (C=O) groups excluding carboxylic acids is 2. The number of fused-ring (bicyclic) bond motifs is 2. The molecule has 91 heavy (non-hydrogen) atoms. The number of ether oxygens (including phenoxy) is 1. The number of aryl methyl sites for hydroxylation is 2. The van der Waals surface area contributed by atoms with Gasteiger partial charge in [0.05, 0.1) is 11.4 Å². The topological polar surface area (TPSA) is 208 Å². The highest BCUT2D eigenvalue weighted by Gasteiger charge is 2.15. The summed E-state index contributed by atoms with van der Waals surface area (Å²) in [5.41, 5.74) is 15.7. The van der Waals surface area contributed by atoms with Crippen molar-refractivity contribution in [1.29, 1.82) is 0 Å². The molecule has 0 saturated carbocycles. The van der Waals surface area contributed by atoms with Gasteiger partial charge >= 0.3 is 5.91 Å². The molecule has 0 aliphatic rings. The SMILES string of the molecule is Cc1ccc(-c2nc3ccc(NCc4cccs4)cc3o2)cc1.Cc1ccc(-c2nc3ccc(NCc4cccs4)cc3o2)cc1.NNC(=O)c1nc(-c2ccccc2)cc(-c2ccccc2)n1.O=C(Nc1ccc(Br)cn1)c1ccc(Oc2ccccc2)cc1. The molecule has 0 radical (unpaired) electrons. The maximum Gasteiger partial charge on any atom is 0.302 e. The summed E-state index contributed by atoms with van der Waals surface area (Å²) in [4.78, 5) is 48.5. The fourth-order valence-electron chi connectivity index (χ4n) is 8.98. The Kier molecular flexibility index (Phi) is 20.6. The van der Waals surface area contributed by atoms with Crippen molar-refractivity contribution < 1.29 is 23.2 Å². The number of halogens is 1. The molecular weight excluding hydrogens is 1240 g/mol. The summed E-state index contributed by atoms with van der Waals surface area (Å²) in [5, 5.41) is 13.8. The highest BCUT2D eigenvalue weighted by molar-refractivity contribution is 9.10. The zero-order valence-electron chi connectivity index (χ0n) is 49.3. The average molecular weight is 1300 g/mol. The van der Waals surface area contributed by atoms with Crippen LogP contribution in [0.25, 0.3) is 67.6 Å². The summed E-state index contributed by atoms with van der Waals surface area (Å²) in [6.45, 7) is 5.78. The van der Waals surface area contributed by atoms with Crippen molar-refractivity contribution in [2.24, 2.45) is 5.84 Å². The molecule has 14 aromatic rings. The molecule has 0 aliphatic carbocycles. The lowest BCUT2D eigenvalue weighted by atomic mass is 10.1. The lowest BCUT2D eigenvalue weighted by Gasteiger charge is -2.08. The Morgan fingerprint density at radius 3 is 1.43 bits per heavy atom. The van der Waals surface area contributed by atoms with Gasteiger partial charge in [-0.05, 0) is 156 Å². The lowest BCUT2D eigenvalue weighted by molar-refractivity contribution is 0.0942. The number of anilines is 3. The number of hydrazine groups is 1. The van der Waals surface area contributed by atoms with Crippen LogP contribution in [0.2, 0.25) is 0 Å². The fourth-order valence-corrected chi connectivity index (χ4v) is 10.5. The summed E-state index contributed by atoms with van der Waals surface area (Å²) in [5.74, 6) is 7.77. The molecule has 6 N–H and O–H groups in total. The molecule has 0 saturated heterocycles. The molecule has 6 aromatic heterocycles. The molecule has 8 aromatic carbocycles. The Hall–Kier alpha value is -10.9. The number of pyridine rings is 1. The van der Waals surface area contributed by atoms with Crippen LogP contribution in [-0.4, -0.2) is 36.7 Å². The summed E-state index contributed by atoms with van der Waals surface area (Å²) >= 11 is 6.80. The molecule has 0 atom stereocenters. The molecule has 0 bridgehead atoms. The Balaban J connectivity index is 0.000000125. The van der Waals surface area contributed by atoms with E-state index in [9.17, 15) is 9.59 Å². The summed E-state index contributed by atoms with van der Waals surface area (Å²) in [7, 11) is 0. The van der Waals surface area contributed by atoms with Gasteiger partial charge in [-0.25, -0.2) is 30.8 Å². The zero-order chi connectivity index (χ0) is 62.7. The Morgan fingerprint density at radius 1 is 0.495 bits per heavy atom. The van der Waals surface area contributed by atoms with Gasteiger partial charge in [0.15, 0.2) is 11.2 Å². The van der Waals surface area contributed by atoms with Gasteiger partial charge in [0, 0.05) is 84.8 Å². The minimum Gasteiger partial charge on any atom is -0.457 e. The van der Waals surface area contributed by atoms with Crippen LogP contribution in [0.15, 0.2) is 273 Å². The second-order valence-electron chi connectivity index (χ2n) is 20.4. The first kappa shape index (κ1) is 61.7. The second-order valence-corrected chi connectivity index (χ2v) is 23.4. The van der Waals surface area contributed by atoms with Crippen LogP contribution < -0.4 is 32.0 Å². The highest BCUT2D eigenvalue weighted by Crippen LogP contribution is 2.30. The van der Waals surface area contributed by atoms with Crippen LogP contribution in [0.1, 0.15) is 41.9 Å². The molecule has 450 valence electrons. The molecule has 0 unspecified atom stereocenters. The minimum absolute atomic E-state index is 0.0442. The third-order valence-electron chi connectivity index (χ3n) is 13.7. The molecular formula is C73H59BrN10O5S2. The van der Waals surface area contributed by atoms with Gasteiger partial charge in [0.2, 0.25) is 17.6 Å². The number of rotatable bonds is 15. The number of aromatic nitrogens is 5. The molecule has 0 spiro atoms. The Bertz CT molecular complexity index is 4400. The van der Waals surface area contributed by atoms with Crippen molar-refractivity contribution in [2.75, 3.05) is 16.0 Å². The number of carbonyl (C=O) groups is 2. The molecule has 0 fully saturated rings. The van der Waals surface area contributed by atoms with E-state index in [-0.39, 0.29) is 11.7 Å². The predicted octanol–water partition coefficient (Wildman–Crippen LogP) is 18.3. The van der Waals surface area contributed by atoms with Crippen LogP contribution in [-0.2, 0) is 13.1 Å². The smallest absolute Gasteiger partial charge is 0.302 e. The van der Waals surface area contributed by atoms with Gasteiger partial charge in [-0.1, -0.05) is 126 Å². The van der Waals surface area contributed by atoms with Crippen LogP contribution in [0.4, 0.5) is 17.2 Å². The van der Waals surface area contributed by atoms with E-state index in [4.69, 9.17) is 19.4 Å². The normalized spacial score (nSPS) is 10.6. The van der Waals surface area contributed by atoms with Gasteiger partial charge < -0.3 is 29.5 Å². The van der Waals surface area contributed by atoms with Gasteiger partial charge in [0.1, 0.15) is 28.4 Å². The van der Waals surface area contributed by atoms with E-state index < -0.39 is 5.91 Å². The number of thiophene rings is 2. The maximum absolute atomic E-state index is 12.2. The van der Waals surface area contributed by atoms with Gasteiger partial charge in [0.25, 0.3) is 5.91 Å². The summed E-state index contributed by atoms with van der Waals surface area (Å²) < 4.78 is 18.4. The molecule has 15 nitrogen and oxygen atoms in total. The van der Waals surface area contributed by atoms with Gasteiger partial charge in [-0.2, -0.15) is 0 Å². The van der Waals surface area contributed by atoms with Gasteiger partial charge in [-0.15, -0.1) is 22.7 Å². The van der Waals surface area contributed by atoms with Crippen LogP contribution >= 0.6 is 38.6 Å². The van der Waals surface area contributed by atoms with E-state index in [1.807, 2.05) is 164 Å². The van der Waals surface area contributed by atoms with E-state index in [0.29, 0.717) is 40.3 Å². The van der Waals surface area contributed by atoms with E-state index in [2.05, 4.69) is 135 Å². The fraction of sp³-hybridized carbons (Fsp3) is 0.0548. The number of amides is 2. The molecule has 6 heterocycles. The third kappa shape index (κ3) is 17.3. The number of benzene rings is 8. The zero-order valence-corrected chi connectivity index (χ0v) is 52.5. The third-order valence-corrected chi connectivity index (χ3v) is 16.0. The van der Waals surface area contributed by atoms with E-state index in [0.717, 1.165) is 79.1 Å². The summed E-state index contributed by atoms with van der Waals surface area (Å²) in [6.07, 6.45) is 1.63. The van der Waals surface area contributed by atoms with Crippen molar-refractivity contribution in [3.63, 3.8) is 0 Å². The minimum atomic E-state index is -0.519. The monoisotopic (exact) mass is 1300 g/mol. The Labute approximate surface area is 541 Å². The molecule has 18 heteroatoms. The number of nitrogens with two attached hydrogens (primary N) is 1. The number of oxazole rings is 2. The number of nitrogens with one attached hydrogen (secondary N) is 4. The average Bonchev–Trinajstić information content (AvgIpc) is 2.02. The van der Waals surface area contributed by atoms with E-state index in [1.165, 1.54) is 20.9 Å². The van der Waals surface area contributed by atoms with Crippen molar-refractivity contribution in [3.05, 3.63) is 296 Å². The van der Waals surface area contributed by atoms with E-state index >= 15 is 0 Å². The summed E-state index contributed by atoms with van der Waals surface area (Å²) in [6, 6.07) is 78.0. The number of hydrogen-bond acceptors (Lipinski definition) is 15. The number of para-hydroxylation sites is 1. The standard InChI is InChI=1S/2C19H16N2OS.C18H13BrN2O2.C17H14N4O/c2*1-13-4-6-14(7-5-13)19-21-17-9-8-15(11-18(17)22-19)20-12-16-3-2-10-23-16;19-14-8-11-17(20-12-14)21-18(22)13-6-9-16(10-7-13)23-15-4-2-1-3-5-15;18-21-17(22)16-19-14(12-7-3-1-4-8-12)11-15(20-16)13-9-5-2-6-10-13/h2*2-11,20H,12H2,1H3;1-12H,(H,20,21,22);1-11H,18H2,(H,21,22). The van der Waals surface area contributed by atoms with Crippen LogP contribution in [0.3, 0.4) is 0 Å². The van der Waals surface area contributed by atoms with Crippen molar-refractivity contribution in [2.45, 2.75) is 26.9 Å². The predicted molar refractivity (Wildman–Crippen MR) is 369 cm³/mol. The largest absolute Gasteiger partial charge is 0.457 e. The first-order valence-electron chi connectivity index (χ1n) is 28.8. The lowest BCUT2D eigenvalue weighted by Crippen LogP contribution is -2.31. The quantitative estimate of drug-likeness (QED) is 0.0368. The van der Waals surface area contributed by atoms with Gasteiger partial charge in [-0.3, -0.25) is 15.0 Å². The first-order valence-corrected chi connectivity index (χ1v) is 31.3. The number of hydrogen-bond donors (Lipinski definition) is 5. The van der Waals surface area contributed by atoms with Crippen LogP contribution in [0.5, 0.6) is 11.5 Å². The van der Waals surface area contributed by atoms with Crippen molar-refractivity contribution in [3.8, 4) is 56.9 Å². The second kappa shape index (κ2) is 30.3. The number of nitrogens with zero attached hydrogens (tertiary/aromatic N) is 5. The Morgan fingerprint density at radius 2 is 0.978 bits per heavy atom. The van der Waals surface area contributed by atoms with Crippen molar-refractivity contribution in [1.82, 2.24) is 30.3 Å². The highest BCUT2D eigenvalue weighted by atomic mass is 79.9. The van der Waals surface area contributed by atoms with E-state index in [1.54, 1.807) is 59.2 Å². The van der Waals surface area contributed by atoms with Crippen LogP contribution in [0, 0.1) is 13.8 Å². The molecule has 2 amide bonds. The molecule has 14 rings (SSSR count).